The third-order valence-electron chi connectivity index (χ3n) is 3.10. The molecule has 1 aromatic heterocycles. The molecule has 0 saturated heterocycles. The Labute approximate surface area is 125 Å². The summed E-state index contributed by atoms with van der Waals surface area (Å²) in [6.07, 6.45) is 0. The van der Waals surface area contributed by atoms with Gasteiger partial charge < -0.3 is 15.8 Å². The van der Waals surface area contributed by atoms with Crippen molar-refractivity contribution in [1.29, 1.82) is 0 Å². The first-order valence-corrected chi connectivity index (χ1v) is 7.15. The van der Waals surface area contributed by atoms with Crippen LogP contribution in [-0.2, 0) is 0 Å². The van der Waals surface area contributed by atoms with E-state index in [1.807, 2.05) is 19.1 Å². The molecule has 3 aromatic rings. The summed E-state index contributed by atoms with van der Waals surface area (Å²) < 4.78 is 19.6. The van der Waals surface area contributed by atoms with Crippen molar-refractivity contribution >= 4 is 38.6 Å². The highest BCUT2D eigenvalue weighted by molar-refractivity contribution is 7.18. The molecule has 0 saturated carbocycles. The van der Waals surface area contributed by atoms with Gasteiger partial charge in [0, 0.05) is 11.8 Å². The monoisotopic (exact) mass is 303 g/mol. The molecule has 0 atom stereocenters. The molecule has 0 unspecified atom stereocenters. The summed E-state index contributed by atoms with van der Waals surface area (Å²) in [7, 11) is 1.43. The number of aromatic nitrogens is 1. The normalized spacial score (nSPS) is 10.8. The van der Waals surface area contributed by atoms with Gasteiger partial charge in [-0.2, -0.15) is 0 Å². The van der Waals surface area contributed by atoms with Crippen LogP contribution in [0.4, 0.5) is 21.5 Å². The molecule has 0 aliphatic rings. The maximum absolute atomic E-state index is 13.7. The number of aryl methyl sites for hydroxylation is 1. The lowest BCUT2D eigenvalue weighted by Crippen LogP contribution is -1.97. The van der Waals surface area contributed by atoms with E-state index < -0.39 is 5.82 Å². The van der Waals surface area contributed by atoms with Gasteiger partial charge in [-0.15, -0.1) is 11.3 Å². The van der Waals surface area contributed by atoms with E-state index in [0.29, 0.717) is 17.1 Å². The first kappa shape index (κ1) is 13.6. The Morgan fingerprint density at radius 2 is 2.10 bits per heavy atom. The molecule has 0 radical (unpaired) electrons. The van der Waals surface area contributed by atoms with Crippen LogP contribution in [0.15, 0.2) is 30.3 Å². The minimum Gasteiger partial charge on any atom is -0.494 e. The van der Waals surface area contributed by atoms with E-state index in [0.717, 1.165) is 15.2 Å². The summed E-state index contributed by atoms with van der Waals surface area (Å²) in [4.78, 5) is 4.43. The number of thiazole rings is 1. The molecule has 4 nitrogen and oxygen atoms in total. The van der Waals surface area contributed by atoms with Gasteiger partial charge in [0.15, 0.2) is 11.6 Å². The zero-order valence-corrected chi connectivity index (χ0v) is 12.4. The Balaban J connectivity index is 1.97. The van der Waals surface area contributed by atoms with E-state index in [-0.39, 0.29) is 5.75 Å². The number of nitrogens with zero attached hydrogens (tertiary/aromatic N) is 1. The van der Waals surface area contributed by atoms with Gasteiger partial charge in [0.2, 0.25) is 0 Å². The second-order valence-electron chi connectivity index (χ2n) is 4.61. The molecular weight excluding hydrogens is 289 g/mol. The molecule has 108 valence electrons. The van der Waals surface area contributed by atoms with Gasteiger partial charge in [-0.05, 0) is 31.2 Å². The van der Waals surface area contributed by atoms with Crippen molar-refractivity contribution < 1.29 is 9.13 Å². The van der Waals surface area contributed by atoms with Crippen LogP contribution >= 0.6 is 11.3 Å². The Hall–Kier alpha value is -2.34. The first-order valence-electron chi connectivity index (χ1n) is 6.34. The molecule has 0 bridgehead atoms. The largest absolute Gasteiger partial charge is 0.494 e. The van der Waals surface area contributed by atoms with Crippen LogP contribution in [0.25, 0.3) is 10.2 Å². The van der Waals surface area contributed by atoms with Crippen molar-refractivity contribution in [3.8, 4) is 5.75 Å². The molecule has 3 N–H and O–H groups in total. The number of benzene rings is 2. The molecule has 6 heteroatoms. The fourth-order valence-electron chi connectivity index (χ4n) is 2.11. The topological polar surface area (TPSA) is 60.2 Å². The number of anilines is 3. The quantitative estimate of drug-likeness (QED) is 0.716. The predicted octanol–water partition coefficient (Wildman–Crippen LogP) is 4.08. The summed E-state index contributed by atoms with van der Waals surface area (Å²) in [5.41, 5.74) is 8.82. The highest BCUT2D eigenvalue weighted by atomic mass is 32.1. The summed E-state index contributed by atoms with van der Waals surface area (Å²) in [5.74, 6) is -0.217. The molecule has 0 amide bonds. The number of rotatable bonds is 3. The highest BCUT2D eigenvalue weighted by Gasteiger charge is 2.08. The SMILES string of the molecule is COc1ccc(Nc2cc3nc(C)sc3cc2N)cc1F. The third-order valence-corrected chi connectivity index (χ3v) is 4.03. The summed E-state index contributed by atoms with van der Waals surface area (Å²) >= 11 is 1.59. The zero-order chi connectivity index (χ0) is 15.0. The highest BCUT2D eigenvalue weighted by Crippen LogP contribution is 2.32. The Morgan fingerprint density at radius 1 is 1.29 bits per heavy atom. The summed E-state index contributed by atoms with van der Waals surface area (Å²) in [6, 6.07) is 8.42. The van der Waals surface area contributed by atoms with E-state index in [2.05, 4.69) is 10.3 Å². The molecule has 0 fully saturated rings. The molecule has 3 rings (SSSR count). The Kier molecular flexibility index (Phi) is 3.39. The van der Waals surface area contributed by atoms with Crippen molar-refractivity contribution in [2.75, 3.05) is 18.2 Å². The molecule has 1 heterocycles. The number of nitrogen functional groups attached to an aromatic ring is 1. The van der Waals surface area contributed by atoms with Gasteiger partial charge in [-0.1, -0.05) is 0 Å². The average Bonchev–Trinajstić information content (AvgIpc) is 2.78. The van der Waals surface area contributed by atoms with E-state index >= 15 is 0 Å². The van der Waals surface area contributed by atoms with Gasteiger partial charge in [-0.25, -0.2) is 9.37 Å². The van der Waals surface area contributed by atoms with Crippen LogP contribution in [0.2, 0.25) is 0 Å². The van der Waals surface area contributed by atoms with E-state index in [1.165, 1.54) is 13.2 Å². The molecular formula is C15H14FN3OS. The Bertz CT molecular complexity index is 816. The van der Waals surface area contributed by atoms with Crippen molar-refractivity contribution in [2.45, 2.75) is 6.92 Å². The zero-order valence-electron chi connectivity index (χ0n) is 11.6. The van der Waals surface area contributed by atoms with Crippen molar-refractivity contribution in [2.24, 2.45) is 0 Å². The number of hydrogen-bond donors (Lipinski definition) is 2. The standard InChI is InChI=1S/C15H14FN3OS/c1-8-18-13-7-12(11(17)6-15(13)21-8)19-9-3-4-14(20-2)10(16)5-9/h3-7,19H,17H2,1-2H3. The molecule has 21 heavy (non-hydrogen) atoms. The van der Waals surface area contributed by atoms with Gasteiger partial charge in [-0.3, -0.25) is 0 Å². The summed E-state index contributed by atoms with van der Waals surface area (Å²) in [6.45, 7) is 1.95. The van der Waals surface area contributed by atoms with Crippen molar-refractivity contribution in [1.82, 2.24) is 4.98 Å². The second kappa shape index (κ2) is 5.21. The van der Waals surface area contributed by atoms with Crippen LogP contribution in [0.1, 0.15) is 5.01 Å². The van der Waals surface area contributed by atoms with Gasteiger partial charge >= 0.3 is 0 Å². The maximum atomic E-state index is 13.7. The fourth-order valence-corrected chi connectivity index (χ4v) is 2.97. The van der Waals surface area contributed by atoms with Gasteiger partial charge in [0.25, 0.3) is 0 Å². The van der Waals surface area contributed by atoms with E-state index in [9.17, 15) is 4.39 Å². The third kappa shape index (κ3) is 2.62. The van der Waals surface area contributed by atoms with Gasteiger partial charge in [0.1, 0.15) is 0 Å². The lowest BCUT2D eigenvalue weighted by molar-refractivity contribution is 0.386. The number of halogens is 1. The van der Waals surface area contributed by atoms with Gasteiger partial charge in [0.05, 0.1) is 33.7 Å². The molecule has 0 spiro atoms. The van der Waals surface area contributed by atoms with Crippen molar-refractivity contribution in [3.05, 3.63) is 41.2 Å². The van der Waals surface area contributed by atoms with Crippen molar-refractivity contribution in [3.63, 3.8) is 0 Å². The predicted molar refractivity (Wildman–Crippen MR) is 85.0 cm³/mol. The minimum absolute atomic E-state index is 0.208. The number of hydrogen-bond acceptors (Lipinski definition) is 5. The fraction of sp³-hybridized carbons (Fsp3) is 0.133. The number of fused-ring (bicyclic) bond motifs is 1. The lowest BCUT2D eigenvalue weighted by Gasteiger charge is -2.10. The number of nitrogens with two attached hydrogens (primary N) is 1. The number of methoxy groups -OCH3 is 1. The van der Waals surface area contributed by atoms with E-state index in [4.69, 9.17) is 10.5 Å². The van der Waals surface area contributed by atoms with Crippen LogP contribution in [0.3, 0.4) is 0 Å². The molecule has 0 aliphatic heterocycles. The van der Waals surface area contributed by atoms with Crippen LogP contribution < -0.4 is 15.8 Å². The molecule has 0 aliphatic carbocycles. The van der Waals surface area contributed by atoms with Crippen LogP contribution in [0.5, 0.6) is 5.75 Å². The smallest absolute Gasteiger partial charge is 0.167 e. The van der Waals surface area contributed by atoms with Crippen LogP contribution in [-0.4, -0.2) is 12.1 Å². The second-order valence-corrected chi connectivity index (χ2v) is 5.85. The maximum Gasteiger partial charge on any atom is 0.167 e. The van der Waals surface area contributed by atoms with E-state index in [1.54, 1.807) is 23.5 Å². The lowest BCUT2D eigenvalue weighted by atomic mass is 10.2. The van der Waals surface area contributed by atoms with Crippen LogP contribution in [0, 0.1) is 12.7 Å². The summed E-state index contributed by atoms with van der Waals surface area (Å²) in [5, 5.41) is 4.09. The first-order chi connectivity index (χ1) is 10.1. The molecule has 2 aromatic carbocycles. The average molecular weight is 303 g/mol. The minimum atomic E-state index is -0.424. The number of nitrogens with one attached hydrogen (secondary N) is 1. The number of ether oxygens (including phenoxy) is 1. The Morgan fingerprint density at radius 3 is 2.81 bits per heavy atom.